The topological polar surface area (TPSA) is 24.5 Å². The van der Waals surface area contributed by atoms with Gasteiger partial charge in [0.05, 0.1) is 7.11 Å². The van der Waals surface area contributed by atoms with E-state index in [9.17, 15) is 0 Å². The first-order chi connectivity index (χ1) is 10.2. The smallest absolute Gasteiger partial charge is 0.119 e. The largest absolute Gasteiger partial charge is 0.497 e. The van der Waals surface area contributed by atoms with E-state index in [1.165, 1.54) is 31.5 Å². The number of nitrogens with one attached hydrogen (secondary N) is 1. The van der Waals surface area contributed by atoms with Gasteiger partial charge in [-0.3, -0.25) is 0 Å². The summed E-state index contributed by atoms with van der Waals surface area (Å²) in [5.74, 6) is 1.69. The van der Waals surface area contributed by atoms with Gasteiger partial charge in [-0.1, -0.05) is 26.0 Å². The molecule has 1 fully saturated rings. The van der Waals surface area contributed by atoms with Gasteiger partial charge in [0.1, 0.15) is 5.75 Å². The summed E-state index contributed by atoms with van der Waals surface area (Å²) < 4.78 is 5.31. The third kappa shape index (κ3) is 5.33. The zero-order valence-corrected chi connectivity index (χ0v) is 13.8. The quantitative estimate of drug-likeness (QED) is 0.902. The van der Waals surface area contributed by atoms with Gasteiger partial charge in [-0.15, -0.1) is 0 Å². The molecule has 0 amide bonds. The summed E-state index contributed by atoms with van der Waals surface area (Å²) in [5.41, 5.74) is 1.37. The lowest BCUT2D eigenvalue weighted by Crippen LogP contribution is -2.43. The molecular weight excluding hydrogens is 260 g/mol. The number of rotatable bonds is 5. The Morgan fingerprint density at radius 3 is 3.00 bits per heavy atom. The van der Waals surface area contributed by atoms with E-state index in [-0.39, 0.29) is 0 Å². The molecule has 0 aromatic heterocycles. The minimum Gasteiger partial charge on any atom is -0.497 e. The molecule has 3 heteroatoms. The molecule has 2 unspecified atom stereocenters. The van der Waals surface area contributed by atoms with Crippen LogP contribution in [0.1, 0.15) is 32.3 Å². The first kappa shape index (κ1) is 16.3. The molecule has 1 aromatic carbocycles. The molecule has 1 aromatic rings. The van der Waals surface area contributed by atoms with Crippen molar-refractivity contribution >= 4 is 0 Å². The Balaban J connectivity index is 1.87. The first-order valence-corrected chi connectivity index (χ1v) is 8.30. The SMILES string of the molecule is CCC1CCN(CCc2cccc(OC)c2)CC(C)CN1. The standard InChI is InChI=1S/C18H30N2O/c1-4-17-9-11-20(14-15(2)13-19-17)10-8-16-6-5-7-18(12-16)21-3/h5-7,12,15,17,19H,4,8-11,13-14H2,1-3H3. The molecule has 21 heavy (non-hydrogen) atoms. The van der Waals surface area contributed by atoms with Gasteiger partial charge in [0, 0.05) is 19.1 Å². The Hall–Kier alpha value is -1.06. The maximum absolute atomic E-state index is 5.31. The van der Waals surface area contributed by atoms with Crippen LogP contribution in [-0.4, -0.2) is 44.2 Å². The van der Waals surface area contributed by atoms with Crippen LogP contribution in [0, 0.1) is 5.92 Å². The van der Waals surface area contributed by atoms with E-state index < -0.39 is 0 Å². The van der Waals surface area contributed by atoms with Crippen LogP contribution < -0.4 is 10.1 Å². The number of hydrogen-bond acceptors (Lipinski definition) is 3. The van der Waals surface area contributed by atoms with Gasteiger partial charge < -0.3 is 15.0 Å². The molecule has 1 aliphatic rings. The van der Waals surface area contributed by atoms with Gasteiger partial charge in [-0.25, -0.2) is 0 Å². The fourth-order valence-electron chi connectivity index (χ4n) is 3.07. The highest BCUT2D eigenvalue weighted by Crippen LogP contribution is 2.14. The fourth-order valence-corrected chi connectivity index (χ4v) is 3.07. The molecule has 3 nitrogen and oxygen atoms in total. The highest BCUT2D eigenvalue weighted by atomic mass is 16.5. The minimum absolute atomic E-state index is 0.687. The van der Waals surface area contributed by atoms with Crippen LogP contribution in [0.2, 0.25) is 0 Å². The van der Waals surface area contributed by atoms with E-state index in [0.29, 0.717) is 6.04 Å². The Kier molecular flexibility index (Phi) is 6.52. The number of hydrogen-bond donors (Lipinski definition) is 1. The van der Waals surface area contributed by atoms with Gasteiger partial charge in [0.25, 0.3) is 0 Å². The summed E-state index contributed by atoms with van der Waals surface area (Å²) in [5, 5.41) is 3.69. The van der Waals surface area contributed by atoms with Crippen LogP contribution in [0.5, 0.6) is 5.75 Å². The van der Waals surface area contributed by atoms with Gasteiger partial charge in [0.15, 0.2) is 0 Å². The average molecular weight is 290 g/mol. The molecular formula is C18H30N2O. The lowest BCUT2D eigenvalue weighted by Gasteiger charge is -2.32. The van der Waals surface area contributed by atoms with Crippen molar-refractivity contribution in [2.45, 2.75) is 39.2 Å². The second kappa shape index (κ2) is 8.40. The lowest BCUT2D eigenvalue weighted by atomic mass is 10.0. The van der Waals surface area contributed by atoms with E-state index in [1.54, 1.807) is 7.11 Å². The number of ether oxygens (including phenoxy) is 1. The van der Waals surface area contributed by atoms with Crippen molar-refractivity contribution in [2.75, 3.05) is 33.3 Å². The first-order valence-electron chi connectivity index (χ1n) is 8.30. The van der Waals surface area contributed by atoms with Crippen molar-refractivity contribution in [1.82, 2.24) is 10.2 Å². The average Bonchev–Trinajstić information content (AvgIpc) is 2.50. The molecule has 0 bridgehead atoms. The highest BCUT2D eigenvalue weighted by molar-refractivity contribution is 5.28. The molecule has 1 saturated heterocycles. The minimum atomic E-state index is 0.687. The Morgan fingerprint density at radius 1 is 1.38 bits per heavy atom. The summed E-state index contributed by atoms with van der Waals surface area (Å²) in [6.45, 7) is 9.34. The molecule has 0 aliphatic carbocycles. The second-order valence-corrected chi connectivity index (χ2v) is 6.31. The molecule has 0 saturated carbocycles. The lowest BCUT2D eigenvalue weighted by molar-refractivity contribution is 0.199. The van der Waals surface area contributed by atoms with Crippen molar-refractivity contribution in [1.29, 1.82) is 0 Å². The van der Waals surface area contributed by atoms with E-state index in [0.717, 1.165) is 31.2 Å². The highest BCUT2D eigenvalue weighted by Gasteiger charge is 2.17. The van der Waals surface area contributed by atoms with Crippen molar-refractivity contribution in [3.05, 3.63) is 29.8 Å². The summed E-state index contributed by atoms with van der Waals surface area (Å²) >= 11 is 0. The number of benzene rings is 1. The van der Waals surface area contributed by atoms with Crippen molar-refractivity contribution in [3.63, 3.8) is 0 Å². The van der Waals surface area contributed by atoms with Crippen LogP contribution in [0.25, 0.3) is 0 Å². The second-order valence-electron chi connectivity index (χ2n) is 6.31. The molecule has 118 valence electrons. The van der Waals surface area contributed by atoms with Crippen LogP contribution >= 0.6 is 0 Å². The van der Waals surface area contributed by atoms with Gasteiger partial charge in [-0.2, -0.15) is 0 Å². The van der Waals surface area contributed by atoms with Crippen LogP contribution in [0.4, 0.5) is 0 Å². The molecule has 1 heterocycles. The number of methoxy groups -OCH3 is 1. The Bertz CT molecular complexity index is 421. The third-order valence-corrected chi connectivity index (χ3v) is 4.46. The van der Waals surface area contributed by atoms with Gasteiger partial charge in [-0.05, 0) is 56.0 Å². The summed E-state index contributed by atoms with van der Waals surface area (Å²) in [4.78, 5) is 2.63. The number of nitrogens with zero attached hydrogens (tertiary/aromatic N) is 1. The molecule has 2 atom stereocenters. The summed E-state index contributed by atoms with van der Waals surface area (Å²) in [6, 6.07) is 9.14. The zero-order valence-electron chi connectivity index (χ0n) is 13.8. The van der Waals surface area contributed by atoms with Gasteiger partial charge in [0.2, 0.25) is 0 Å². The van der Waals surface area contributed by atoms with Gasteiger partial charge >= 0.3 is 0 Å². The Morgan fingerprint density at radius 2 is 2.24 bits per heavy atom. The van der Waals surface area contributed by atoms with Crippen LogP contribution in [0.15, 0.2) is 24.3 Å². The van der Waals surface area contributed by atoms with E-state index in [4.69, 9.17) is 4.74 Å². The third-order valence-electron chi connectivity index (χ3n) is 4.46. The van der Waals surface area contributed by atoms with Crippen molar-refractivity contribution < 1.29 is 4.74 Å². The molecule has 2 rings (SSSR count). The molecule has 0 radical (unpaired) electrons. The Labute approximate surface area is 129 Å². The molecule has 1 aliphatic heterocycles. The van der Waals surface area contributed by atoms with E-state index in [2.05, 4.69) is 42.3 Å². The summed E-state index contributed by atoms with van der Waals surface area (Å²) in [6.07, 6.45) is 3.60. The van der Waals surface area contributed by atoms with E-state index in [1.807, 2.05) is 6.07 Å². The van der Waals surface area contributed by atoms with Crippen molar-refractivity contribution in [2.24, 2.45) is 5.92 Å². The molecule has 0 spiro atoms. The zero-order chi connectivity index (χ0) is 15.1. The van der Waals surface area contributed by atoms with E-state index >= 15 is 0 Å². The maximum Gasteiger partial charge on any atom is 0.119 e. The molecule has 1 N–H and O–H groups in total. The predicted molar refractivity (Wildman–Crippen MR) is 89.0 cm³/mol. The predicted octanol–water partition coefficient (Wildman–Crippen LogP) is 2.95. The van der Waals surface area contributed by atoms with Crippen molar-refractivity contribution in [3.8, 4) is 5.75 Å². The maximum atomic E-state index is 5.31. The monoisotopic (exact) mass is 290 g/mol. The van der Waals surface area contributed by atoms with Crippen LogP contribution in [0.3, 0.4) is 0 Å². The van der Waals surface area contributed by atoms with Crippen LogP contribution in [-0.2, 0) is 6.42 Å². The normalized spacial score (nSPS) is 24.3. The summed E-state index contributed by atoms with van der Waals surface area (Å²) in [7, 11) is 1.73. The fraction of sp³-hybridized carbons (Fsp3) is 0.667.